The molecule has 2 aromatic rings. The van der Waals surface area contributed by atoms with Crippen molar-refractivity contribution in [1.29, 1.82) is 5.26 Å². The summed E-state index contributed by atoms with van der Waals surface area (Å²) in [5.41, 5.74) is 6.82. The molecule has 2 N–H and O–H groups in total. The smallest absolute Gasteiger partial charge is 0.101 e. The molecule has 0 aromatic heterocycles. The zero-order chi connectivity index (χ0) is 10.1. The molecule has 14 heavy (non-hydrogen) atoms. The first-order valence-corrected chi connectivity index (χ1v) is 4.48. The molecule has 0 aliphatic carbocycles. The predicted octanol–water partition coefficient (Wildman–Crippen LogP) is 2.95. The summed E-state index contributed by atoms with van der Waals surface area (Å²) in [5.74, 6) is 0. The third-order valence-corrected chi connectivity index (χ3v) is 2.51. The van der Waals surface area contributed by atoms with E-state index < -0.39 is 0 Å². The van der Waals surface area contributed by atoms with Crippen LogP contribution < -0.4 is 5.73 Å². The standard InChI is InChI=1S/C11H7ClN2/c12-11-8(6-13)2-1-7-5-9(14)3-4-10(7)11/h1-5H,14H2. The SMILES string of the molecule is N#Cc1ccc2cc(N)ccc2c1Cl. The van der Waals surface area contributed by atoms with Crippen LogP contribution in [0.1, 0.15) is 5.56 Å². The summed E-state index contributed by atoms with van der Waals surface area (Å²) in [6, 6.07) is 11.0. The number of nitriles is 1. The van der Waals surface area contributed by atoms with Crippen LogP contribution in [0.4, 0.5) is 5.69 Å². The fourth-order valence-corrected chi connectivity index (χ4v) is 1.67. The van der Waals surface area contributed by atoms with Gasteiger partial charge in [-0.05, 0) is 23.6 Å². The van der Waals surface area contributed by atoms with Crippen molar-refractivity contribution in [2.24, 2.45) is 0 Å². The maximum absolute atomic E-state index is 8.77. The minimum absolute atomic E-state index is 0.490. The lowest BCUT2D eigenvalue weighted by Crippen LogP contribution is -1.85. The van der Waals surface area contributed by atoms with Crippen LogP contribution in [0.25, 0.3) is 10.8 Å². The Bertz CT molecular complexity index is 541. The molecule has 0 aliphatic heterocycles. The maximum Gasteiger partial charge on any atom is 0.101 e. The van der Waals surface area contributed by atoms with Gasteiger partial charge in [0.2, 0.25) is 0 Å². The highest BCUT2D eigenvalue weighted by atomic mass is 35.5. The van der Waals surface area contributed by atoms with Gasteiger partial charge in [0.05, 0.1) is 10.6 Å². The summed E-state index contributed by atoms with van der Waals surface area (Å²) in [6.45, 7) is 0. The van der Waals surface area contributed by atoms with Crippen molar-refractivity contribution in [3.8, 4) is 6.07 Å². The molecule has 0 atom stereocenters. The second-order valence-electron chi connectivity index (χ2n) is 3.02. The molecule has 0 radical (unpaired) electrons. The fourth-order valence-electron chi connectivity index (χ4n) is 1.40. The second-order valence-corrected chi connectivity index (χ2v) is 3.40. The second kappa shape index (κ2) is 3.21. The number of nitrogens with zero attached hydrogens (tertiary/aromatic N) is 1. The number of benzene rings is 2. The number of hydrogen-bond acceptors (Lipinski definition) is 2. The maximum atomic E-state index is 8.77. The van der Waals surface area contributed by atoms with Crippen LogP contribution in [0.3, 0.4) is 0 Å². The number of rotatable bonds is 0. The van der Waals surface area contributed by atoms with Crippen molar-refractivity contribution < 1.29 is 0 Å². The molecule has 3 heteroatoms. The number of fused-ring (bicyclic) bond motifs is 1. The molecule has 0 heterocycles. The van der Waals surface area contributed by atoms with Crippen LogP contribution in [0.2, 0.25) is 5.02 Å². The Hall–Kier alpha value is -1.72. The van der Waals surface area contributed by atoms with Gasteiger partial charge in [0.25, 0.3) is 0 Å². The van der Waals surface area contributed by atoms with Gasteiger partial charge in [-0.15, -0.1) is 0 Å². The van der Waals surface area contributed by atoms with E-state index in [0.717, 1.165) is 10.8 Å². The summed E-state index contributed by atoms with van der Waals surface area (Å²) in [6.07, 6.45) is 0. The van der Waals surface area contributed by atoms with Gasteiger partial charge < -0.3 is 5.73 Å². The molecule has 0 saturated carbocycles. The molecule has 0 saturated heterocycles. The Morgan fingerprint density at radius 1 is 1.21 bits per heavy atom. The van der Waals surface area contributed by atoms with Crippen LogP contribution in [0.5, 0.6) is 0 Å². The first-order valence-electron chi connectivity index (χ1n) is 4.10. The first kappa shape index (κ1) is 8.86. The normalized spacial score (nSPS) is 10.0. The third-order valence-electron chi connectivity index (χ3n) is 2.10. The van der Waals surface area contributed by atoms with Crippen molar-refractivity contribution in [1.82, 2.24) is 0 Å². The van der Waals surface area contributed by atoms with E-state index in [4.69, 9.17) is 22.6 Å². The predicted molar refractivity (Wildman–Crippen MR) is 58.1 cm³/mol. The van der Waals surface area contributed by atoms with Gasteiger partial charge in [0, 0.05) is 11.1 Å². The van der Waals surface area contributed by atoms with Crippen molar-refractivity contribution in [2.75, 3.05) is 5.73 Å². The quantitative estimate of drug-likeness (QED) is 0.668. The summed E-state index contributed by atoms with van der Waals surface area (Å²) in [4.78, 5) is 0. The van der Waals surface area contributed by atoms with E-state index in [9.17, 15) is 0 Å². The average Bonchev–Trinajstić information content (AvgIpc) is 2.18. The monoisotopic (exact) mass is 202 g/mol. The molecule has 0 aliphatic rings. The molecule has 2 aromatic carbocycles. The lowest BCUT2D eigenvalue weighted by atomic mass is 10.1. The van der Waals surface area contributed by atoms with Gasteiger partial charge in [0.15, 0.2) is 0 Å². The number of nitrogen functional groups attached to an aromatic ring is 1. The Balaban J connectivity index is 2.85. The van der Waals surface area contributed by atoms with Gasteiger partial charge in [-0.25, -0.2) is 0 Å². The van der Waals surface area contributed by atoms with Gasteiger partial charge in [-0.1, -0.05) is 23.7 Å². The van der Waals surface area contributed by atoms with Crippen LogP contribution >= 0.6 is 11.6 Å². The Morgan fingerprint density at radius 3 is 2.71 bits per heavy atom. The summed E-state index contributed by atoms with van der Waals surface area (Å²) in [7, 11) is 0. The molecular formula is C11H7ClN2. The molecule has 0 unspecified atom stereocenters. The Morgan fingerprint density at radius 2 is 2.00 bits per heavy atom. The van der Waals surface area contributed by atoms with E-state index in [1.807, 2.05) is 24.3 Å². The molecule has 0 amide bonds. The minimum atomic E-state index is 0.490. The van der Waals surface area contributed by atoms with Crippen LogP contribution in [-0.4, -0.2) is 0 Å². The molecule has 2 nitrogen and oxygen atoms in total. The van der Waals surface area contributed by atoms with E-state index in [1.54, 1.807) is 12.1 Å². The van der Waals surface area contributed by atoms with Crippen LogP contribution in [0, 0.1) is 11.3 Å². The number of hydrogen-bond donors (Lipinski definition) is 1. The van der Waals surface area contributed by atoms with Crippen molar-refractivity contribution in [3.05, 3.63) is 40.9 Å². The van der Waals surface area contributed by atoms with Gasteiger partial charge in [-0.2, -0.15) is 5.26 Å². The van der Waals surface area contributed by atoms with Crippen molar-refractivity contribution >= 4 is 28.1 Å². The lowest BCUT2D eigenvalue weighted by molar-refractivity contribution is 1.50. The molecule has 0 bridgehead atoms. The fraction of sp³-hybridized carbons (Fsp3) is 0. The summed E-state index contributed by atoms with van der Waals surface area (Å²) in [5, 5.41) is 11.1. The van der Waals surface area contributed by atoms with Crippen molar-refractivity contribution in [2.45, 2.75) is 0 Å². The molecule has 2 rings (SSSR count). The Labute approximate surface area is 86.5 Å². The van der Waals surface area contributed by atoms with Crippen LogP contribution in [0.15, 0.2) is 30.3 Å². The molecule has 0 spiro atoms. The molecular weight excluding hydrogens is 196 g/mol. The highest BCUT2D eigenvalue weighted by Crippen LogP contribution is 2.28. The number of anilines is 1. The minimum Gasteiger partial charge on any atom is -0.399 e. The average molecular weight is 203 g/mol. The van der Waals surface area contributed by atoms with E-state index >= 15 is 0 Å². The van der Waals surface area contributed by atoms with E-state index in [1.165, 1.54) is 0 Å². The Kier molecular flexibility index (Phi) is 2.03. The summed E-state index contributed by atoms with van der Waals surface area (Å²) >= 11 is 6.03. The number of halogens is 1. The first-order chi connectivity index (χ1) is 6.72. The van der Waals surface area contributed by atoms with Crippen LogP contribution in [-0.2, 0) is 0 Å². The van der Waals surface area contributed by atoms with Gasteiger partial charge in [0.1, 0.15) is 6.07 Å². The topological polar surface area (TPSA) is 49.8 Å². The highest BCUT2D eigenvalue weighted by molar-refractivity contribution is 6.36. The van der Waals surface area contributed by atoms with E-state index in [-0.39, 0.29) is 0 Å². The van der Waals surface area contributed by atoms with E-state index in [0.29, 0.717) is 16.3 Å². The van der Waals surface area contributed by atoms with Crippen molar-refractivity contribution in [3.63, 3.8) is 0 Å². The van der Waals surface area contributed by atoms with Gasteiger partial charge >= 0.3 is 0 Å². The highest BCUT2D eigenvalue weighted by Gasteiger charge is 2.04. The van der Waals surface area contributed by atoms with Gasteiger partial charge in [-0.3, -0.25) is 0 Å². The summed E-state index contributed by atoms with van der Waals surface area (Å²) < 4.78 is 0. The number of nitrogens with two attached hydrogens (primary N) is 1. The zero-order valence-electron chi connectivity index (χ0n) is 7.29. The lowest BCUT2D eigenvalue weighted by Gasteiger charge is -2.02. The van der Waals surface area contributed by atoms with E-state index in [2.05, 4.69) is 0 Å². The molecule has 68 valence electrons. The third kappa shape index (κ3) is 1.28. The largest absolute Gasteiger partial charge is 0.399 e. The zero-order valence-corrected chi connectivity index (χ0v) is 8.05. The molecule has 0 fully saturated rings.